The summed E-state index contributed by atoms with van der Waals surface area (Å²) in [5.74, 6) is 0.00990. The van der Waals surface area contributed by atoms with E-state index in [2.05, 4.69) is 10.2 Å². The van der Waals surface area contributed by atoms with E-state index in [4.69, 9.17) is 5.73 Å². The van der Waals surface area contributed by atoms with Gasteiger partial charge in [0.2, 0.25) is 0 Å². The molecule has 0 radical (unpaired) electrons. The van der Waals surface area contributed by atoms with E-state index >= 15 is 0 Å². The molecule has 0 saturated carbocycles. The summed E-state index contributed by atoms with van der Waals surface area (Å²) in [6, 6.07) is 5.54. The largest absolute Gasteiger partial charge is 0.398 e. The van der Waals surface area contributed by atoms with Crippen LogP contribution in [0.25, 0.3) is 0 Å². The number of hydrogen-bond acceptors (Lipinski definition) is 4. The van der Waals surface area contributed by atoms with Crippen molar-refractivity contribution in [2.45, 2.75) is 19.8 Å². The van der Waals surface area contributed by atoms with Crippen LogP contribution in [0.15, 0.2) is 18.2 Å². The highest BCUT2D eigenvalue weighted by Crippen LogP contribution is 2.18. The molecule has 1 heterocycles. The smallest absolute Gasteiger partial charge is 0.161 e. The van der Waals surface area contributed by atoms with Gasteiger partial charge in [0.1, 0.15) is 0 Å². The van der Waals surface area contributed by atoms with Crippen LogP contribution < -0.4 is 11.1 Å². The van der Waals surface area contributed by atoms with E-state index in [9.17, 15) is 4.79 Å². The van der Waals surface area contributed by atoms with Crippen molar-refractivity contribution < 1.29 is 4.79 Å². The molecule has 1 saturated heterocycles. The number of Topliss-reactive ketones (excluding diaryl/α,β-unsaturated/α-hetero) is 1. The first kappa shape index (κ1) is 12.9. The molecule has 0 atom stereocenters. The average molecular weight is 247 g/mol. The third-order valence-electron chi connectivity index (χ3n) is 3.39. The lowest BCUT2D eigenvalue weighted by atomic mass is 10.1. The first-order chi connectivity index (χ1) is 8.66. The number of rotatable bonds is 5. The number of nitrogens with one attached hydrogen (secondary N) is 1. The van der Waals surface area contributed by atoms with Gasteiger partial charge in [0, 0.05) is 30.0 Å². The molecule has 4 nitrogen and oxygen atoms in total. The molecule has 0 bridgehead atoms. The Morgan fingerprint density at radius 3 is 2.78 bits per heavy atom. The fraction of sp³-hybridized carbons (Fsp3) is 0.500. The summed E-state index contributed by atoms with van der Waals surface area (Å²) in [6.07, 6.45) is 2.63. The van der Waals surface area contributed by atoms with Gasteiger partial charge < -0.3 is 16.0 Å². The summed E-state index contributed by atoms with van der Waals surface area (Å²) in [4.78, 5) is 13.8. The zero-order valence-corrected chi connectivity index (χ0v) is 10.9. The van der Waals surface area contributed by atoms with Crippen LogP contribution in [-0.4, -0.2) is 36.9 Å². The van der Waals surface area contributed by atoms with E-state index in [0.29, 0.717) is 11.3 Å². The normalized spacial score (nSPS) is 15.8. The maximum atomic E-state index is 11.4. The van der Waals surface area contributed by atoms with Crippen LogP contribution in [0.5, 0.6) is 0 Å². The average Bonchev–Trinajstić information content (AvgIpc) is 2.84. The first-order valence-corrected chi connectivity index (χ1v) is 6.53. The van der Waals surface area contributed by atoms with Crippen molar-refractivity contribution in [1.82, 2.24) is 4.90 Å². The molecule has 4 heteroatoms. The zero-order chi connectivity index (χ0) is 13.0. The minimum atomic E-state index is 0.00990. The van der Waals surface area contributed by atoms with Crippen molar-refractivity contribution in [1.29, 1.82) is 0 Å². The lowest BCUT2D eigenvalue weighted by Gasteiger charge is -2.15. The van der Waals surface area contributed by atoms with Crippen LogP contribution in [-0.2, 0) is 0 Å². The molecule has 98 valence electrons. The van der Waals surface area contributed by atoms with Gasteiger partial charge in [-0.25, -0.2) is 0 Å². The van der Waals surface area contributed by atoms with E-state index in [1.165, 1.54) is 25.9 Å². The Hall–Kier alpha value is -1.55. The molecule has 1 fully saturated rings. The lowest BCUT2D eigenvalue weighted by Crippen LogP contribution is -2.26. The van der Waals surface area contributed by atoms with E-state index in [0.717, 1.165) is 18.8 Å². The Labute approximate surface area is 108 Å². The van der Waals surface area contributed by atoms with Crippen molar-refractivity contribution in [3.05, 3.63) is 23.8 Å². The maximum absolute atomic E-state index is 11.4. The molecule has 1 aromatic carbocycles. The van der Waals surface area contributed by atoms with Crippen LogP contribution in [0.3, 0.4) is 0 Å². The molecule has 0 amide bonds. The summed E-state index contributed by atoms with van der Waals surface area (Å²) >= 11 is 0. The Bertz CT molecular complexity index is 425. The van der Waals surface area contributed by atoms with Crippen LogP contribution in [0.1, 0.15) is 30.1 Å². The molecule has 2 rings (SSSR count). The number of benzene rings is 1. The molecule has 1 aliphatic heterocycles. The fourth-order valence-electron chi connectivity index (χ4n) is 2.34. The third kappa shape index (κ3) is 3.23. The molecule has 1 aliphatic rings. The minimum absolute atomic E-state index is 0.00990. The van der Waals surface area contributed by atoms with E-state index in [-0.39, 0.29) is 5.78 Å². The predicted molar refractivity (Wildman–Crippen MR) is 75.0 cm³/mol. The number of likely N-dealkylation sites (tertiary alicyclic amines) is 1. The lowest BCUT2D eigenvalue weighted by molar-refractivity contribution is 0.101. The predicted octanol–water partition coefficient (Wildman–Crippen LogP) is 1.98. The van der Waals surface area contributed by atoms with Gasteiger partial charge >= 0.3 is 0 Å². The van der Waals surface area contributed by atoms with Crippen molar-refractivity contribution in [2.75, 3.05) is 37.2 Å². The van der Waals surface area contributed by atoms with Crippen LogP contribution in [0, 0.1) is 0 Å². The van der Waals surface area contributed by atoms with Crippen LogP contribution in [0.2, 0.25) is 0 Å². The molecule has 1 aromatic rings. The highest BCUT2D eigenvalue weighted by Gasteiger charge is 2.10. The summed E-state index contributed by atoms with van der Waals surface area (Å²) < 4.78 is 0. The fourth-order valence-corrected chi connectivity index (χ4v) is 2.34. The topological polar surface area (TPSA) is 58.4 Å². The zero-order valence-electron chi connectivity index (χ0n) is 10.9. The Morgan fingerprint density at radius 2 is 2.11 bits per heavy atom. The van der Waals surface area contributed by atoms with Gasteiger partial charge in [-0.05, 0) is 51.1 Å². The number of anilines is 2. The summed E-state index contributed by atoms with van der Waals surface area (Å²) in [5, 5.41) is 3.34. The van der Waals surface area contributed by atoms with Gasteiger partial charge in [0.05, 0.1) is 0 Å². The van der Waals surface area contributed by atoms with E-state index in [1.807, 2.05) is 12.1 Å². The van der Waals surface area contributed by atoms with Crippen molar-refractivity contribution in [3.8, 4) is 0 Å². The Morgan fingerprint density at radius 1 is 1.39 bits per heavy atom. The molecular weight excluding hydrogens is 226 g/mol. The maximum Gasteiger partial charge on any atom is 0.161 e. The summed E-state index contributed by atoms with van der Waals surface area (Å²) in [6.45, 7) is 5.92. The summed E-state index contributed by atoms with van der Waals surface area (Å²) in [5.41, 5.74) is 7.88. The van der Waals surface area contributed by atoms with Gasteiger partial charge in [-0.2, -0.15) is 0 Å². The SMILES string of the molecule is CC(=O)c1cc(NCCN2CCCC2)ccc1N. The molecule has 18 heavy (non-hydrogen) atoms. The van der Waals surface area contributed by atoms with Gasteiger partial charge in [-0.15, -0.1) is 0 Å². The Balaban J connectivity index is 1.88. The van der Waals surface area contributed by atoms with Crippen LogP contribution in [0.4, 0.5) is 11.4 Å². The highest BCUT2D eigenvalue weighted by atomic mass is 16.1. The molecule has 0 aromatic heterocycles. The van der Waals surface area contributed by atoms with Gasteiger partial charge in [-0.1, -0.05) is 0 Å². The number of nitrogen functional groups attached to an aromatic ring is 1. The second kappa shape index (κ2) is 5.87. The number of ketones is 1. The molecular formula is C14H21N3O. The quantitative estimate of drug-likeness (QED) is 0.617. The van der Waals surface area contributed by atoms with Gasteiger partial charge in [0.15, 0.2) is 5.78 Å². The highest BCUT2D eigenvalue weighted by molar-refractivity contribution is 5.99. The number of carbonyl (C=O) groups is 1. The van der Waals surface area contributed by atoms with Crippen molar-refractivity contribution in [3.63, 3.8) is 0 Å². The number of nitrogens with two attached hydrogens (primary N) is 1. The molecule has 0 aliphatic carbocycles. The molecule has 3 N–H and O–H groups in total. The Kier molecular flexibility index (Phi) is 4.20. The number of nitrogens with zero attached hydrogens (tertiary/aromatic N) is 1. The molecule has 0 spiro atoms. The van der Waals surface area contributed by atoms with Gasteiger partial charge in [0.25, 0.3) is 0 Å². The monoisotopic (exact) mass is 247 g/mol. The second-order valence-corrected chi connectivity index (χ2v) is 4.83. The van der Waals surface area contributed by atoms with Gasteiger partial charge in [-0.3, -0.25) is 4.79 Å². The standard InChI is InChI=1S/C14H21N3O/c1-11(18)13-10-12(4-5-14(13)15)16-6-9-17-7-2-3-8-17/h4-5,10,16H,2-3,6-9,15H2,1H3. The van der Waals surface area contributed by atoms with Crippen LogP contribution >= 0.6 is 0 Å². The third-order valence-corrected chi connectivity index (χ3v) is 3.39. The first-order valence-electron chi connectivity index (χ1n) is 6.53. The van der Waals surface area contributed by atoms with E-state index < -0.39 is 0 Å². The summed E-state index contributed by atoms with van der Waals surface area (Å²) in [7, 11) is 0. The molecule has 0 unspecified atom stereocenters. The minimum Gasteiger partial charge on any atom is -0.398 e. The number of hydrogen-bond donors (Lipinski definition) is 2. The second-order valence-electron chi connectivity index (χ2n) is 4.83. The van der Waals surface area contributed by atoms with E-state index in [1.54, 1.807) is 13.0 Å². The van der Waals surface area contributed by atoms with Crippen molar-refractivity contribution >= 4 is 17.2 Å². The van der Waals surface area contributed by atoms with Crippen molar-refractivity contribution in [2.24, 2.45) is 0 Å². The number of carbonyl (C=O) groups excluding carboxylic acids is 1.